The fourth-order valence-corrected chi connectivity index (χ4v) is 4.95. The van der Waals surface area contributed by atoms with Crippen molar-refractivity contribution in [3.63, 3.8) is 0 Å². The number of anilines is 5. The van der Waals surface area contributed by atoms with Crippen molar-refractivity contribution in [3.8, 4) is 0 Å². The van der Waals surface area contributed by atoms with Crippen molar-refractivity contribution in [1.29, 1.82) is 0 Å². The Balaban J connectivity index is 1.27. The van der Waals surface area contributed by atoms with Gasteiger partial charge in [0.15, 0.2) is 11.6 Å². The molecule has 0 amide bonds. The topological polar surface area (TPSA) is 108 Å². The molecule has 0 unspecified atom stereocenters. The zero-order valence-electron chi connectivity index (χ0n) is 21.0. The van der Waals surface area contributed by atoms with Crippen LogP contribution in [0.5, 0.6) is 0 Å². The zero-order valence-corrected chi connectivity index (χ0v) is 23.2. The minimum atomic E-state index is -0.318. The van der Waals surface area contributed by atoms with Gasteiger partial charge in [0.05, 0.1) is 9.26 Å². The van der Waals surface area contributed by atoms with Crippen LogP contribution in [-0.4, -0.2) is 43.2 Å². The second-order valence-corrected chi connectivity index (χ2v) is 10.4. The first-order valence-electron chi connectivity index (χ1n) is 12.3. The lowest BCUT2D eigenvalue weighted by atomic mass is 9.86. The number of H-pyrrole nitrogens is 1. The molecule has 4 aromatic rings. The van der Waals surface area contributed by atoms with E-state index in [2.05, 4.69) is 75.2 Å². The molecular formula is C26H29FIN9. The van der Waals surface area contributed by atoms with Crippen molar-refractivity contribution < 1.29 is 4.39 Å². The van der Waals surface area contributed by atoms with E-state index in [-0.39, 0.29) is 11.7 Å². The molecule has 4 heterocycles. The van der Waals surface area contributed by atoms with E-state index in [4.69, 9.17) is 0 Å². The van der Waals surface area contributed by atoms with E-state index in [1.54, 1.807) is 12.3 Å². The number of nitrogens with one attached hydrogen (secondary N) is 3. The minimum absolute atomic E-state index is 0.289. The van der Waals surface area contributed by atoms with Gasteiger partial charge in [-0.25, -0.2) is 19.3 Å². The summed E-state index contributed by atoms with van der Waals surface area (Å²) < 4.78 is 16.1. The van der Waals surface area contributed by atoms with Gasteiger partial charge in [-0.1, -0.05) is 6.92 Å². The van der Waals surface area contributed by atoms with E-state index in [0.717, 1.165) is 64.3 Å². The Hall–Kier alpha value is -3.35. The van der Waals surface area contributed by atoms with E-state index in [9.17, 15) is 0 Å². The van der Waals surface area contributed by atoms with Gasteiger partial charge in [0, 0.05) is 43.4 Å². The SMILES string of the molecule is CCc1cnc(N2CCC(c3cc(F)c(Nc4ncc(I)c(Nc5cc(C)[nH]n5)n4)cc3C)CC2)nc1. The number of aromatic nitrogens is 6. The number of aryl methyl sites for hydroxylation is 3. The van der Waals surface area contributed by atoms with Gasteiger partial charge in [0.1, 0.15) is 5.82 Å². The Morgan fingerprint density at radius 1 is 1.05 bits per heavy atom. The van der Waals surface area contributed by atoms with Crippen molar-refractivity contribution in [2.45, 2.75) is 46.0 Å². The van der Waals surface area contributed by atoms with Crippen LogP contribution in [-0.2, 0) is 6.42 Å². The number of hydrogen-bond acceptors (Lipinski definition) is 8. The first-order chi connectivity index (χ1) is 17.9. The van der Waals surface area contributed by atoms with Gasteiger partial charge in [-0.2, -0.15) is 10.1 Å². The van der Waals surface area contributed by atoms with Gasteiger partial charge in [-0.3, -0.25) is 5.10 Å². The molecule has 37 heavy (non-hydrogen) atoms. The van der Waals surface area contributed by atoms with Crippen LogP contribution in [0.25, 0.3) is 0 Å². The molecule has 1 aromatic carbocycles. The molecule has 3 aromatic heterocycles. The van der Waals surface area contributed by atoms with Gasteiger partial charge < -0.3 is 15.5 Å². The second-order valence-electron chi connectivity index (χ2n) is 9.27. The smallest absolute Gasteiger partial charge is 0.229 e. The highest BCUT2D eigenvalue weighted by atomic mass is 127. The molecule has 192 valence electrons. The maximum Gasteiger partial charge on any atom is 0.229 e. The van der Waals surface area contributed by atoms with Crippen LogP contribution in [0.1, 0.15) is 48.1 Å². The molecule has 0 atom stereocenters. The Bertz CT molecular complexity index is 1380. The summed E-state index contributed by atoms with van der Waals surface area (Å²) in [6.07, 6.45) is 8.25. The molecule has 0 bridgehead atoms. The lowest BCUT2D eigenvalue weighted by Crippen LogP contribution is -2.34. The first-order valence-corrected chi connectivity index (χ1v) is 13.4. The molecule has 0 radical (unpaired) electrons. The summed E-state index contributed by atoms with van der Waals surface area (Å²) in [7, 11) is 0. The van der Waals surface area contributed by atoms with E-state index in [0.29, 0.717) is 23.3 Å². The van der Waals surface area contributed by atoms with E-state index >= 15 is 4.39 Å². The molecule has 1 aliphatic heterocycles. The standard InChI is InChI=1S/C26H29FIN9/c1-4-17-12-30-26(31-13-17)37-7-5-18(6-8-37)19-11-20(27)22(9-15(19)2)32-25-29-14-21(28)24(34-25)33-23-10-16(3)35-36-23/h9-14,18H,4-8H2,1-3H3,(H3,29,32,33,34,35,36). The molecule has 11 heteroatoms. The highest BCUT2D eigenvalue weighted by Crippen LogP contribution is 2.34. The largest absolute Gasteiger partial charge is 0.341 e. The van der Waals surface area contributed by atoms with Gasteiger partial charge in [-0.15, -0.1) is 0 Å². The molecular weight excluding hydrogens is 584 g/mol. The zero-order chi connectivity index (χ0) is 25.9. The predicted molar refractivity (Wildman–Crippen MR) is 151 cm³/mol. The van der Waals surface area contributed by atoms with Crippen molar-refractivity contribution in [2.24, 2.45) is 0 Å². The summed E-state index contributed by atoms with van der Waals surface area (Å²) in [5.41, 5.74) is 4.51. The molecule has 0 saturated carbocycles. The molecule has 0 aliphatic carbocycles. The van der Waals surface area contributed by atoms with E-state index in [1.807, 2.05) is 38.4 Å². The van der Waals surface area contributed by atoms with Crippen LogP contribution in [0.15, 0.2) is 36.8 Å². The molecule has 1 saturated heterocycles. The van der Waals surface area contributed by atoms with Crippen LogP contribution in [0.3, 0.4) is 0 Å². The third kappa shape index (κ3) is 5.81. The molecule has 1 fully saturated rings. The summed E-state index contributed by atoms with van der Waals surface area (Å²) in [6, 6.07) is 5.38. The Labute approximate surface area is 228 Å². The fraction of sp³-hybridized carbons (Fsp3) is 0.346. The van der Waals surface area contributed by atoms with Crippen molar-refractivity contribution >= 4 is 51.8 Å². The van der Waals surface area contributed by atoms with Gasteiger partial charge in [0.2, 0.25) is 11.9 Å². The lowest BCUT2D eigenvalue weighted by molar-refractivity contribution is 0.495. The summed E-state index contributed by atoms with van der Waals surface area (Å²) in [5.74, 6) is 2.30. The highest BCUT2D eigenvalue weighted by molar-refractivity contribution is 14.1. The lowest BCUT2D eigenvalue weighted by Gasteiger charge is -2.33. The average Bonchev–Trinajstić information content (AvgIpc) is 3.32. The fourth-order valence-electron chi connectivity index (χ4n) is 4.56. The van der Waals surface area contributed by atoms with Crippen molar-refractivity contribution in [3.05, 3.63) is 68.6 Å². The quantitative estimate of drug-likeness (QED) is 0.225. The number of hydrogen-bond donors (Lipinski definition) is 3. The predicted octanol–water partition coefficient (Wildman–Crippen LogP) is 5.78. The summed E-state index contributed by atoms with van der Waals surface area (Å²) in [5, 5.41) is 13.3. The Morgan fingerprint density at radius 3 is 2.49 bits per heavy atom. The van der Waals surface area contributed by atoms with E-state index < -0.39 is 0 Å². The summed E-state index contributed by atoms with van der Waals surface area (Å²) in [6.45, 7) is 7.74. The van der Waals surface area contributed by atoms with Gasteiger partial charge in [-0.05, 0) is 90.4 Å². The van der Waals surface area contributed by atoms with Crippen LogP contribution >= 0.6 is 22.6 Å². The molecule has 5 rings (SSSR count). The third-order valence-corrected chi connectivity index (χ3v) is 7.41. The third-order valence-electron chi connectivity index (χ3n) is 6.62. The first kappa shape index (κ1) is 25.3. The number of halogens is 2. The van der Waals surface area contributed by atoms with Crippen LogP contribution in [0.4, 0.5) is 33.6 Å². The summed E-state index contributed by atoms with van der Waals surface area (Å²) >= 11 is 2.15. The Morgan fingerprint density at radius 2 is 1.81 bits per heavy atom. The molecule has 0 spiro atoms. The maximum atomic E-state index is 15.2. The molecule has 1 aliphatic rings. The minimum Gasteiger partial charge on any atom is -0.341 e. The molecule has 3 N–H and O–H groups in total. The average molecular weight is 613 g/mol. The van der Waals surface area contributed by atoms with Crippen LogP contribution in [0, 0.1) is 23.2 Å². The highest BCUT2D eigenvalue weighted by Gasteiger charge is 2.24. The summed E-state index contributed by atoms with van der Waals surface area (Å²) in [4.78, 5) is 20.1. The van der Waals surface area contributed by atoms with Crippen molar-refractivity contribution in [2.75, 3.05) is 28.6 Å². The number of aromatic amines is 1. The Kier molecular flexibility index (Phi) is 7.49. The van der Waals surface area contributed by atoms with Gasteiger partial charge in [0.25, 0.3) is 0 Å². The second kappa shape index (κ2) is 11.0. The van der Waals surface area contributed by atoms with E-state index in [1.165, 1.54) is 0 Å². The number of piperidine rings is 1. The van der Waals surface area contributed by atoms with Crippen LogP contribution < -0.4 is 15.5 Å². The monoisotopic (exact) mass is 613 g/mol. The maximum absolute atomic E-state index is 15.2. The van der Waals surface area contributed by atoms with Gasteiger partial charge >= 0.3 is 0 Å². The number of rotatable bonds is 7. The number of benzene rings is 1. The van der Waals surface area contributed by atoms with Crippen molar-refractivity contribution in [1.82, 2.24) is 30.1 Å². The normalized spacial score (nSPS) is 14.1. The van der Waals surface area contributed by atoms with Crippen LogP contribution in [0.2, 0.25) is 0 Å². The molecule has 9 nitrogen and oxygen atoms in total. The number of nitrogens with zero attached hydrogens (tertiary/aromatic N) is 6.